The third-order valence-electron chi connectivity index (χ3n) is 3.38. The summed E-state index contributed by atoms with van der Waals surface area (Å²) in [7, 11) is -0.419. The van der Waals surface area contributed by atoms with Crippen LogP contribution in [0, 0.1) is 5.92 Å². The van der Waals surface area contributed by atoms with Crippen LogP contribution in [0.4, 0.5) is 0 Å². The van der Waals surface area contributed by atoms with Crippen LogP contribution < -0.4 is 24.8 Å². The van der Waals surface area contributed by atoms with E-state index in [4.69, 9.17) is 5.73 Å². The van der Waals surface area contributed by atoms with E-state index in [-0.39, 0.29) is 52.1 Å². The molecule has 0 aliphatic heterocycles. The van der Waals surface area contributed by atoms with Crippen LogP contribution in [-0.2, 0) is 21.7 Å². The molecule has 0 amide bonds. The van der Waals surface area contributed by atoms with E-state index in [9.17, 15) is 0 Å². The predicted molar refractivity (Wildman–Crippen MR) is 81.3 cm³/mol. The van der Waals surface area contributed by atoms with Crippen molar-refractivity contribution in [2.75, 3.05) is 0 Å². The van der Waals surface area contributed by atoms with Gasteiger partial charge in [0.25, 0.3) is 0 Å². The van der Waals surface area contributed by atoms with Gasteiger partial charge < -0.3 is 30.5 Å². The summed E-state index contributed by atoms with van der Waals surface area (Å²) in [6.07, 6.45) is 11.3. The fraction of sp³-hybridized carbons (Fsp3) is 0.733. The van der Waals surface area contributed by atoms with Crippen molar-refractivity contribution in [3.8, 4) is 0 Å². The SMILES string of the molecule is CC(C)(C)[NH-].C[SiH](C)C1CCC2CC=CC=C21.[Cl-].[Cl-].[Ti+3]. The first kappa shape index (κ1) is 25.9. The van der Waals surface area contributed by atoms with E-state index in [1.54, 1.807) is 5.57 Å². The van der Waals surface area contributed by atoms with E-state index in [1.807, 2.05) is 20.8 Å². The number of hydrogen-bond donors (Lipinski definition) is 0. The maximum Gasteiger partial charge on any atom is 3.00 e. The summed E-state index contributed by atoms with van der Waals surface area (Å²) in [5, 5.41) is 0. The average molecular weight is 369 g/mol. The molecule has 2 unspecified atom stereocenters. The summed E-state index contributed by atoms with van der Waals surface area (Å²) in [6.45, 7) is 10.5. The first-order valence-electron chi connectivity index (χ1n) is 6.90. The van der Waals surface area contributed by atoms with Crippen LogP contribution in [0.15, 0.2) is 23.8 Å². The summed E-state index contributed by atoms with van der Waals surface area (Å²) >= 11 is 0. The zero-order valence-corrected chi connectivity index (χ0v) is 17.6. The Bertz CT molecular complexity index is 305. The van der Waals surface area contributed by atoms with Gasteiger partial charge in [0.05, 0.1) is 0 Å². The molecule has 5 heteroatoms. The number of rotatable bonds is 1. The third kappa shape index (κ3) is 9.81. The second-order valence-corrected chi connectivity index (χ2v) is 10.00. The van der Waals surface area contributed by atoms with Crippen LogP contribution in [-0.4, -0.2) is 14.3 Å². The molecule has 2 aliphatic carbocycles. The van der Waals surface area contributed by atoms with Crippen molar-refractivity contribution in [2.45, 2.75) is 64.2 Å². The van der Waals surface area contributed by atoms with Crippen LogP contribution in [0.2, 0.25) is 18.6 Å². The van der Waals surface area contributed by atoms with Crippen molar-refractivity contribution in [3.05, 3.63) is 29.5 Å². The van der Waals surface area contributed by atoms with E-state index in [0.29, 0.717) is 0 Å². The van der Waals surface area contributed by atoms with Crippen molar-refractivity contribution >= 4 is 8.80 Å². The summed E-state index contributed by atoms with van der Waals surface area (Å²) in [4.78, 5) is 0. The largest absolute Gasteiger partial charge is 3.00 e. The zero-order chi connectivity index (χ0) is 13.1. The molecule has 20 heavy (non-hydrogen) atoms. The van der Waals surface area contributed by atoms with Gasteiger partial charge in [0.15, 0.2) is 0 Å². The molecule has 1 nitrogen and oxygen atoms in total. The van der Waals surface area contributed by atoms with Gasteiger partial charge in [-0.3, -0.25) is 0 Å². The molecular weight excluding hydrogens is 341 g/mol. The van der Waals surface area contributed by atoms with Crippen molar-refractivity contribution in [3.63, 3.8) is 0 Å². The number of fused-ring (bicyclic) bond motifs is 1. The van der Waals surface area contributed by atoms with E-state index in [0.717, 1.165) is 11.5 Å². The Kier molecular flexibility index (Phi) is 14.9. The second kappa shape index (κ2) is 11.5. The van der Waals surface area contributed by atoms with Gasteiger partial charge in [-0.05, 0) is 30.7 Å². The maximum absolute atomic E-state index is 6.94. The number of nitrogens with one attached hydrogen (secondary N) is 1. The fourth-order valence-corrected chi connectivity index (χ4v) is 4.68. The van der Waals surface area contributed by atoms with Gasteiger partial charge in [-0.2, -0.15) is 0 Å². The molecule has 0 bridgehead atoms. The predicted octanol–water partition coefficient (Wildman–Crippen LogP) is -1.02. The van der Waals surface area contributed by atoms with Gasteiger partial charge in [0, 0.05) is 8.80 Å². The third-order valence-corrected chi connectivity index (χ3v) is 5.70. The summed E-state index contributed by atoms with van der Waals surface area (Å²) < 4.78 is 0. The topological polar surface area (TPSA) is 23.8 Å². The minimum Gasteiger partial charge on any atom is -1.00 e. The van der Waals surface area contributed by atoms with Crippen molar-refractivity contribution in [1.29, 1.82) is 0 Å². The quantitative estimate of drug-likeness (QED) is 0.529. The van der Waals surface area contributed by atoms with Crippen molar-refractivity contribution < 1.29 is 46.5 Å². The molecule has 2 rings (SSSR count). The van der Waals surface area contributed by atoms with Crippen LogP contribution in [0.5, 0.6) is 0 Å². The molecule has 0 spiro atoms. The summed E-state index contributed by atoms with van der Waals surface area (Å²) in [6, 6.07) is 0. The van der Waals surface area contributed by atoms with E-state index in [1.165, 1.54) is 19.3 Å². The second-order valence-electron chi connectivity index (χ2n) is 6.71. The normalized spacial score (nSPS) is 23.2. The number of allylic oxidation sites excluding steroid dienone is 4. The summed E-state index contributed by atoms with van der Waals surface area (Å²) in [5.74, 6) is 0.940. The monoisotopic (exact) mass is 368 g/mol. The Morgan fingerprint density at radius 1 is 1.15 bits per heavy atom. The minimum atomic E-state index is -0.419. The molecule has 2 aliphatic rings. The van der Waals surface area contributed by atoms with Crippen molar-refractivity contribution in [2.24, 2.45) is 5.92 Å². The molecule has 115 valence electrons. The van der Waals surface area contributed by atoms with E-state index < -0.39 is 8.80 Å². The van der Waals surface area contributed by atoms with Gasteiger partial charge in [-0.1, -0.05) is 57.7 Å². The first-order valence-corrected chi connectivity index (χ1v) is 9.88. The molecule has 0 heterocycles. The zero-order valence-electron chi connectivity index (χ0n) is 13.3. The van der Waals surface area contributed by atoms with Crippen molar-refractivity contribution in [1.82, 2.24) is 0 Å². The first-order chi connectivity index (χ1) is 7.79. The fourth-order valence-electron chi connectivity index (χ4n) is 2.67. The van der Waals surface area contributed by atoms with Crippen LogP contribution in [0.3, 0.4) is 0 Å². The molecule has 2 atom stereocenters. The Morgan fingerprint density at radius 3 is 2.10 bits per heavy atom. The Labute approximate surface area is 154 Å². The standard InChI is InChI=1S/C11H18Si.C4H10N.2ClH.Ti/c1-12(2)11-8-7-9-5-3-4-6-10(9)11;1-4(2,3)5;;;/h3-4,6,9,11-12H,5,7-8H2,1-2H3;5H,1-3H3;2*1H;/q;-1;;;+3/p-2. The van der Waals surface area contributed by atoms with Gasteiger partial charge >= 0.3 is 21.7 Å². The molecule has 1 saturated carbocycles. The Morgan fingerprint density at radius 2 is 1.65 bits per heavy atom. The average Bonchev–Trinajstić information content (AvgIpc) is 2.58. The Balaban J connectivity index is -0.000000322. The molecule has 1 radical (unpaired) electrons. The van der Waals surface area contributed by atoms with E-state index in [2.05, 4.69) is 31.3 Å². The van der Waals surface area contributed by atoms with Gasteiger partial charge in [0.2, 0.25) is 0 Å². The smallest absolute Gasteiger partial charge is 1.00 e. The maximum atomic E-state index is 6.94. The molecule has 1 N–H and O–H groups in total. The van der Waals surface area contributed by atoms with Crippen LogP contribution >= 0.6 is 0 Å². The Hall–Kier alpha value is 0.951. The molecule has 0 saturated heterocycles. The van der Waals surface area contributed by atoms with Crippen LogP contribution in [0.1, 0.15) is 40.0 Å². The van der Waals surface area contributed by atoms with Crippen LogP contribution in [0.25, 0.3) is 5.73 Å². The number of hydrogen-bond acceptors (Lipinski definition) is 0. The molecule has 1 fully saturated rings. The molecular formula is C15H28Cl2NSiTi. The van der Waals surface area contributed by atoms with E-state index >= 15 is 0 Å². The van der Waals surface area contributed by atoms with Gasteiger partial charge in [0.1, 0.15) is 0 Å². The van der Waals surface area contributed by atoms with Gasteiger partial charge in [-0.15, -0.1) is 5.54 Å². The molecule has 0 aromatic carbocycles. The number of halogens is 2. The molecule has 0 aromatic heterocycles. The minimum absolute atomic E-state index is 0. The molecule has 0 aromatic rings. The summed E-state index contributed by atoms with van der Waals surface area (Å²) in [5.41, 5.74) is 9.52. The van der Waals surface area contributed by atoms with Gasteiger partial charge in [-0.25, -0.2) is 0 Å².